The van der Waals surface area contributed by atoms with Crippen molar-refractivity contribution in [2.75, 3.05) is 6.54 Å². The molecule has 2 aliphatic rings. The molecule has 0 spiro atoms. The number of rotatable bonds is 5. The molecule has 2 rings (SSSR count). The van der Waals surface area contributed by atoms with Crippen LogP contribution in [0.25, 0.3) is 0 Å². The first-order valence-corrected chi connectivity index (χ1v) is 7.92. The Bertz CT molecular complexity index is 260. The SMILES string of the molecule is CC(C)C1CCC(O)C(N(CC2CC2)C(C)C)C1. The fourth-order valence-electron chi connectivity index (χ4n) is 3.45. The molecule has 0 aromatic rings. The molecule has 106 valence electrons. The number of hydrogen-bond acceptors (Lipinski definition) is 2. The molecule has 2 nitrogen and oxygen atoms in total. The molecular weight excluding hydrogens is 222 g/mol. The zero-order valence-electron chi connectivity index (χ0n) is 12.6. The lowest BCUT2D eigenvalue weighted by atomic mass is 9.77. The van der Waals surface area contributed by atoms with E-state index in [1.807, 2.05) is 0 Å². The lowest BCUT2D eigenvalue weighted by Gasteiger charge is -2.43. The van der Waals surface area contributed by atoms with E-state index in [9.17, 15) is 5.11 Å². The summed E-state index contributed by atoms with van der Waals surface area (Å²) in [7, 11) is 0. The number of nitrogens with zero attached hydrogens (tertiary/aromatic N) is 1. The molecular formula is C16H31NO. The highest BCUT2D eigenvalue weighted by Crippen LogP contribution is 2.36. The third kappa shape index (κ3) is 3.48. The maximum Gasteiger partial charge on any atom is 0.0695 e. The maximum absolute atomic E-state index is 10.4. The Hall–Kier alpha value is -0.0800. The highest BCUT2D eigenvalue weighted by molar-refractivity contribution is 4.91. The van der Waals surface area contributed by atoms with Gasteiger partial charge in [-0.05, 0) is 63.7 Å². The Morgan fingerprint density at radius 3 is 2.22 bits per heavy atom. The van der Waals surface area contributed by atoms with Crippen LogP contribution in [-0.2, 0) is 0 Å². The molecule has 0 aromatic heterocycles. The van der Waals surface area contributed by atoms with Crippen molar-refractivity contribution in [2.45, 2.75) is 78.0 Å². The summed E-state index contributed by atoms with van der Waals surface area (Å²) < 4.78 is 0. The van der Waals surface area contributed by atoms with Crippen LogP contribution < -0.4 is 0 Å². The average molecular weight is 253 g/mol. The molecule has 0 aromatic carbocycles. The van der Waals surface area contributed by atoms with E-state index in [4.69, 9.17) is 0 Å². The second kappa shape index (κ2) is 5.92. The third-order valence-electron chi connectivity index (χ3n) is 5.02. The summed E-state index contributed by atoms with van der Waals surface area (Å²) >= 11 is 0. The average Bonchev–Trinajstić information content (AvgIpc) is 3.10. The number of aliphatic hydroxyl groups excluding tert-OH is 1. The number of aliphatic hydroxyl groups is 1. The van der Waals surface area contributed by atoms with Crippen molar-refractivity contribution >= 4 is 0 Å². The first-order valence-electron chi connectivity index (χ1n) is 7.92. The summed E-state index contributed by atoms with van der Waals surface area (Å²) in [4.78, 5) is 2.59. The van der Waals surface area contributed by atoms with E-state index in [2.05, 4.69) is 32.6 Å². The highest BCUT2D eigenvalue weighted by atomic mass is 16.3. The van der Waals surface area contributed by atoms with Gasteiger partial charge in [0.1, 0.15) is 0 Å². The molecule has 2 saturated carbocycles. The monoisotopic (exact) mass is 253 g/mol. The van der Waals surface area contributed by atoms with E-state index in [0.29, 0.717) is 12.1 Å². The molecule has 0 heterocycles. The predicted octanol–water partition coefficient (Wildman–Crippen LogP) is 3.29. The van der Waals surface area contributed by atoms with E-state index in [1.54, 1.807) is 0 Å². The zero-order valence-corrected chi connectivity index (χ0v) is 12.6. The van der Waals surface area contributed by atoms with Crippen LogP contribution in [-0.4, -0.2) is 34.7 Å². The van der Waals surface area contributed by atoms with Crippen molar-refractivity contribution < 1.29 is 5.11 Å². The van der Waals surface area contributed by atoms with Crippen LogP contribution >= 0.6 is 0 Å². The second-order valence-corrected chi connectivity index (χ2v) is 7.19. The van der Waals surface area contributed by atoms with Gasteiger partial charge in [0.2, 0.25) is 0 Å². The molecule has 0 aliphatic heterocycles. The highest BCUT2D eigenvalue weighted by Gasteiger charge is 2.37. The fourth-order valence-corrected chi connectivity index (χ4v) is 3.45. The van der Waals surface area contributed by atoms with Gasteiger partial charge in [0.25, 0.3) is 0 Å². The van der Waals surface area contributed by atoms with E-state index >= 15 is 0 Å². The van der Waals surface area contributed by atoms with Crippen LogP contribution in [0.3, 0.4) is 0 Å². The van der Waals surface area contributed by atoms with E-state index in [1.165, 1.54) is 32.2 Å². The van der Waals surface area contributed by atoms with Gasteiger partial charge in [0, 0.05) is 18.6 Å². The second-order valence-electron chi connectivity index (χ2n) is 7.19. The first kappa shape index (κ1) is 14.3. The van der Waals surface area contributed by atoms with Crippen molar-refractivity contribution in [3.63, 3.8) is 0 Å². The summed E-state index contributed by atoms with van der Waals surface area (Å²) in [6.07, 6.45) is 6.12. The third-order valence-corrected chi connectivity index (χ3v) is 5.02. The fraction of sp³-hybridized carbons (Fsp3) is 1.00. The van der Waals surface area contributed by atoms with Crippen molar-refractivity contribution in [3.05, 3.63) is 0 Å². The Morgan fingerprint density at radius 2 is 1.72 bits per heavy atom. The van der Waals surface area contributed by atoms with Gasteiger partial charge in [-0.15, -0.1) is 0 Å². The molecule has 1 N–H and O–H groups in total. The van der Waals surface area contributed by atoms with Gasteiger partial charge in [0.05, 0.1) is 6.10 Å². The molecule has 0 radical (unpaired) electrons. The molecule has 0 amide bonds. The molecule has 2 heteroatoms. The van der Waals surface area contributed by atoms with Crippen molar-refractivity contribution in [3.8, 4) is 0 Å². The van der Waals surface area contributed by atoms with Crippen molar-refractivity contribution in [2.24, 2.45) is 17.8 Å². The van der Waals surface area contributed by atoms with Gasteiger partial charge < -0.3 is 5.11 Å². The van der Waals surface area contributed by atoms with Crippen LogP contribution in [0.5, 0.6) is 0 Å². The standard InChI is InChI=1S/C16H31NO/c1-11(2)14-7-8-16(18)15(9-14)17(12(3)4)10-13-5-6-13/h11-16,18H,5-10H2,1-4H3. The summed E-state index contributed by atoms with van der Waals surface area (Å²) in [5.74, 6) is 2.48. The Morgan fingerprint density at radius 1 is 1.06 bits per heavy atom. The zero-order chi connectivity index (χ0) is 13.3. The quantitative estimate of drug-likeness (QED) is 0.812. The topological polar surface area (TPSA) is 23.5 Å². The number of hydrogen-bond donors (Lipinski definition) is 1. The summed E-state index contributed by atoms with van der Waals surface area (Å²) in [5, 5.41) is 10.4. The lowest BCUT2D eigenvalue weighted by Crippen LogP contribution is -2.51. The van der Waals surface area contributed by atoms with Crippen LogP contribution in [0, 0.1) is 17.8 Å². The van der Waals surface area contributed by atoms with Gasteiger partial charge in [-0.25, -0.2) is 0 Å². The smallest absolute Gasteiger partial charge is 0.0695 e. The molecule has 3 unspecified atom stereocenters. The van der Waals surface area contributed by atoms with Crippen molar-refractivity contribution in [1.29, 1.82) is 0 Å². The normalized spacial score (nSPS) is 33.7. The lowest BCUT2D eigenvalue weighted by molar-refractivity contribution is -0.0193. The Kier molecular flexibility index (Phi) is 4.71. The maximum atomic E-state index is 10.4. The Labute approximate surface area is 113 Å². The van der Waals surface area contributed by atoms with Crippen LogP contribution in [0.1, 0.15) is 59.8 Å². The molecule has 3 atom stereocenters. The van der Waals surface area contributed by atoms with Gasteiger partial charge in [-0.1, -0.05) is 13.8 Å². The van der Waals surface area contributed by atoms with Gasteiger partial charge in [-0.2, -0.15) is 0 Å². The van der Waals surface area contributed by atoms with E-state index in [0.717, 1.165) is 24.2 Å². The van der Waals surface area contributed by atoms with Gasteiger partial charge >= 0.3 is 0 Å². The Balaban J connectivity index is 2.00. The minimum atomic E-state index is -0.0962. The molecule has 0 saturated heterocycles. The van der Waals surface area contributed by atoms with E-state index < -0.39 is 0 Å². The van der Waals surface area contributed by atoms with E-state index in [-0.39, 0.29) is 6.10 Å². The minimum absolute atomic E-state index is 0.0962. The molecule has 2 aliphatic carbocycles. The molecule has 0 bridgehead atoms. The van der Waals surface area contributed by atoms with Crippen molar-refractivity contribution in [1.82, 2.24) is 4.90 Å². The first-order chi connectivity index (χ1) is 8.49. The van der Waals surface area contributed by atoms with Crippen LogP contribution in [0.15, 0.2) is 0 Å². The van der Waals surface area contributed by atoms with Gasteiger partial charge in [0.15, 0.2) is 0 Å². The predicted molar refractivity (Wildman–Crippen MR) is 76.5 cm³/mol. The van der Waals surface area contributed by atoms with Crippen LogP contribution in [0.2, 0.25) is 0 Å². The van der Waals surface area contributed by atoms with Crippen LogP contribution in [0.4, 0.5) is 0 Å². The summed E-state index contributed by atoms with van der Waals surface area (Å²) in [6, 6.07) is 0.975. The largest absolute Gasteiger partial charge is 0.391 e. The summed E-state index contributed by atoms with van der Waals surface area (Å²) in [5.41, 5.74) is 0. The van der Waals surface area contributed by atoms with Gasteiger partial charge in [-0.3, -0.25) is 4.90 Å². The molecule has 18 heavy (non-hydrogen) atoms. The molecule has 2 fully saturated rings. The minimum Gasteiger partial charge on any atom is -0.391 e. The summed E-state index contributed by atoms with van der Waals surface area (Å²) in [6.45, 7) is 10.5.